The standard InChI is InChI=1S/C45H28N2OS/c48-40-26-36-33-16-5-8-20-41(33)49-42(36)27-35(40)34-25-29(24-28-12-1-2-13-30(28)34)39-19-11-22-44(47-39)45(43-21-9-10-23-46-43)37-17-6-3-14-31(37)32-15-4-7-18-38(32)45/h1-27,48H. The lowest BCUT2D eigenvalue weighted by molar-refractivity contribution is 0.478. The first-order chi connectivity index (χ1) is 24.2. The van der Waals surface area contributed by atoms with Crippen molar-refractivity contribution in [2.45, 2.75) is 5.41 Å². The molecule has 49 heavy (non-hydrogen) atoms. The van der Waals surface area contributed by atoms with Crippen LogP contribution in [0.4, 0.5) is 0 Å². The molecule has 10 rings (SSSR count). The van der Waals surface area contributed by atoms with E-state index in [0.717, 1.165) is 54.6 Å². The Morgan fingerprint density at radius 3 is 1.98 bits per heavy atom. The van der Waals surface area contributed by atoms with Crippen molar-refractivity contribution in [3.63, 3.8) is 0 Å². The van der Waals surface area contributed by atoms with E-state index in [1.165, 1.54) is 32.3 Å². The van der Waals surface area contributed by atoms with Gasteiger partial charge in [-0.25, -0.2) is 0 Å². The number of phenols is 1. The van der Waals surface area contributed by atoms with Crippen molar-refractivity contribution in [2.24, 2.45) is 0 Å². The lowest BCUT2D eigenvalue weighted by atomic mass is 9.72. The van der Waals surface area contributed by atoms with Crippen LogP contribution in [0.2, 0.25) is 0 Å². The van der Waals surface area contributed by atoms with Gasteiger partial charge in [-0.2, -0.15) is 0 Å². The zero-order chi connectivity index (χ0) is 32.5. The third-order valence-electron chi connectivity index (χ3n) is 10.1. The van der Waals surface area contributed by atoms with Crippen molar-refractivity contribution in [2.75, 3.05) is 0 Å². The fourth-order valence-corrected chi connectivity index (χ4v) is 9.09. The summed E-state index contributed by atoms with van der Waals surface area (Å²) in [5.74, 6) is 0.272. The maximum Gasteiger partial charge on any atom is 0.124 e. The first-order valence-corrected chi connectivity index (χ1v) is 17.3. The highest BCUT2D eigenvalue weighted by atomic mass is 32.1. The molecule has 0 aliphatic heterocycles. The summed E-state index contributed by atoms with van der Waals surface area (Å²) in [5, 5.41) is 16.0. The molecule has 1 aliphatic carbocycles. The van der Waals surface area contributed by atoms with Crippen LogP contribution in [-0.2, 0) is 5.41 Å². The predicted molar refractivity (Wildman–Crippen MR) is 202 cm³/mol. The molecule has 0 radical (unpaired) electrons. The first kappa shape index (κ1) is 28.0. The SMILES string of the molecule is Oc1cc2c(cc1-c1cc(-c3cccc(C4(c5ccccn5)c5ccccc5-c5ccccc54)n3)cc3ccccc13)sc1ccccc12. The molecule has 3 nitrogen and oxygen atoms in total. The minimum Gasteiger partial charge on any atom is -0.507 e. The highest BCUT2D eigenvalue weighted by Crippen LogP contribution is 2.55. The molecule has 1 aliphatic rings. The van der Waals surface area contributed by atoms with Crippen molar-refractivity contribution < 1.29 is 5.11 Å². The molecule has 0 amide bonds. The van der Waals surface area contributed by atoms with E-state index in [-0.39, 0.29) is 5.75 Å². The zero-order valence-electron chi connectivity index (χ0n) is 26.3. The van der Waals surface area contributed by atoms with E-state index in [2.05, 4.69) is 146 Å². The van der Waals surface area contributed by atoms with Gasteiger partial charge in [0, 0.05) is 37.5 Å². The number of nitrogens with zero attached hydrogens (tertiary/aromatic N) is 2. The van der Waals surface area contributed by atoms with Gasteiger partial charge in [-0.05, 0) is 93.2 Å². The van der Waals surface area contributed by atoms with Gasteiger partial charge < -0.3 is 5.11 Å². The van der Waals surface area contributed by atoms with Crippen LogP contribution in [-0.4, -0.2) is 15.1 Å². The van der Waals surface area contributed by atoms with Gasteiger partial charge in [-0.15, -0.1) is 11.3 Å². The number of fused-ring (bicyclic) bond motifs is 7. The molecule has 3 heterocycles. The summed E-state index contributed by atoms with van der Waals surface area (Å²) in [6.07, 6.45) is 1.87. The number of pyridine rings is 2. The molecule has 230 valence electrons. The normalized spacial score (nSPS) is 13.1. The fraction of sp³-hybridized carbons (Fsp3) is 0.0222. The van der Waals surface area contributed by atoms with Crippen molar-refractivity contribution in [3.8, 4) is 39.3 Å². The third kappa shape index (κ3) is 4.08. The number of benzene rings is 6. The molecule has 0 saturated carbocycles. The molecule has 9 aromatic rings. The van der Waals surface area contributed by atoms with Gasteiger partial charge >= 0.3 is 0 Å². The van der Waals surface area contributed by atoms with Gasteiger partial charge in [0.15, 0.2) is 0 Å². The predicted octanol–water partition coefficient (Wildman–Crippen LogP) is 11.4. The van der Waals surface area contributed by atoms with Crippen LogP contribution in [0.15, 0.2) is 164 Å². The number of thiophene rings is 1. The average Bonchev–Trinajstić information content (AvgIpc) is 3.68. The maximum absolute atomic E-state index is 11.6. The van der Waals surface area contributed by atoms with Crippen LogP contribution in [0, 0.1) is 0 Å². The van der Waals surface area contributed by atoms with Crippen molar-refractivity contribution in [3.05, 3.63) is 186 Å². The van der Waals surface area contributed by atoms with Crippen LogP contribution in [0.3, 0.4) is 0 Å². The Kier molecular flexibility index (Phi) is 6.11. The molecule has 6 aromatic carbocycles. The van der Waals surface area contributed by atoms with Crippen molar-refractivity contribution >= 4 is 42.3 Å². The Balaban J connectivity index is 1.21. The Bertz CT molecular complexity index is 2700. The highest BCUT2D eigenvalue weighted by Gasteiger charge is 2.48. The molecule has 0 spiro atoms. The molecule has 0 saturated heterocycles. The van der Waals surface area contributed by atoms with Crippen LogP contribution in [0.5, 0.6) is 5.75 Å². The fourth-order valence-electron chi connectivity index (χ4n) is 7.96. The largest absolute Gasteiger partial charge is 0.507 e. The van der Waals surface area contributed by atoms with E-state index < -0.39 is 5.41 Å². The van der Waals surface area contributed by atoms with Crippen molar-refractivity contribution in [1.29, 1.82) is 0 Å². The van der Waals surface area contributed by atoms with Gasteiger partial charge in [0.1, 0.15) is 11.2 Å². The van der Waals surface area contributed by atoms with Crippen LogP contribution in [0.25, 0.3) is 64.5 Å². The zero-order valence-corrected chi connectivity index (χ0v) is 27.2. The number of aromatic nitrogens is 2. The Morgan fingerprint density at radius 2 is 1.18 bits per heavy atom. The van der Waals surface area contributed by atoms with Gasteiger partial charge in [0.25, 0.3) is 0 Å². The second kappa shape index (κ2) is 10.7. The molecule has 0 unspecified atom stereocenters. The van der Waals surface area contributed by atoms with Crippen molar-refractivity contribution in [1.82, 2.24) is 9.97 Å². The Morgan fingerprint density at radius 1 is 0.490 bits per heavy atom. The van der Waals surface area contributed by atoms with Crippen LogP contribution in [0.1, 0.15) is 22.5 Å². The summed E-state index contributed by atoms with van der Waals surface area (Å²) in [6.45, 7) is 0. The molecule has 0 fully saturated rings. The number of hydrogen-bond donors (Lipinski definition) is 1. The number of phenolic OH excluding ortho intramolecular Hbond substituents is 1. The number of aromatic hydroxyl groups is 1. The van der Waals surface area contributed by atoms with Crippen LogP contribution >= 0.6 is 11.3 Å². The average molecular weight is 645 g/mol. The topological polar surface area (TPSA) is 46.0 Å². The van der Waals surface area contributed by atoms with E-state index in [4.69, 9.17) is 9.97 Å². The number of rotatable bonds is 4. The molecular formula is C45H28N2OS. The monoisotopic (exact) mass is 644 g/mol. The summed E-state index contributed by atoms with van der Waals surface area (Å²) >= 11 is 1.76. The molecular weight excluding hydrogens is 617 g/mol. The molecule has 1 N–H and O–H groups in total. The van der Waals surface area contributed by atoms with Crippen LogP contribution < -0.4 is 0 Å². The molecule has 0 bridgehead atoms. The summed E-state index contributed by atoms with van der Waals surface area (Å²) < 4.78 is 2.37. The summed E-state index contributed by atoms with van der Waals surface area (Å²) in [6, 6.07) is 55.0. The number of hydrogen-bond acceptors (Lipinski definition) is 4. The van der Waals surface area contributed by atoms with Gasteiger partial charge in [0.2, 0.25) is 0 Å². The second-order valence-corrected chi connectivity index (χ2v) is 13.8. The van der Waals surface area contributed by atoms with Gasteiger partial charge in [-0.1, -0.05) is 103 Å². The smallest absolute Gasteiger partial charge is 0.124 e. The first-order valence-electron chi connectivity index (χ1n) is 16.5. The highest BCUT2D eigenvalue weighted by molar-refractivity contribution is 7.25. The molecule has 4 heteroatoms. The Hall–Kier alpha value is -6.10. The lowest BCUT2D eigenvalue weighted by Gasteiger charge is -2.31. The minimum atomic E-state index is -0.686. The maximum atomic E-state index is 11.6. The van der Waals surface area contributed by atoms with Gasteiger partial charge in [0.05, 0.1) is 17.1 Å². The van der Waals surface area contributed by atoms with E-state index in [9.17, 15) is 5.11 Å². The van der Waals surface area contributed by atoms with Gasteiger partial charge in [-0.3, -0.25) is 9.97 Å². The summed E-state index contributed by atoms with van der Waals surface area (Å²) in [4.78, 5) is 10.5. The minimum absolute atomic E-state index is 0.272. The van der Waals surface area contributed by atoms with E-state index in [1.807, 2.05) is 18.3 Å². The summed E-state index contributed by atoms with van der Waals surface area (Å²) in [5.41, 5.74) is 9.60. The van der Waals surface area contributed by atoms with E-state index in [0.29, 0.717) is 0 Å². The van der Waals surface area contributed by atoms with E-state index >= 15 is 0 Å². The molecule has 3 aromatic heterocycles. The summed E-state index contributed by atoms with van der Waals surface area (Å²) in [7, 11) is 0. The second-order valence-electron chi connectivity index (χ2n) is 12.7. The quantitative estimate of drug-likeness (QED) is 0.207. The van der Waals surface area contributed by atoms with E-state index in [1.54, 1.807) is 11.3 Å². The third-order valence-corrected chi connectivity index (χ3v) is 11.2. The Labute approximate surface area is 287 Å². The molecule has 0 atom stereocenters. The lowest BCUT2D eigenvalue weighted by Crippen LogP contribution is -2.31.